The minimum absolute atomic E-state index is 0.0590. The van der Waals surface area contributed by atoms with Gasteiger partial charge in [-0.1, -0.05) is 70.2 Å². The quantitative estimate of drug-likeness (QED) is 0.397. The highest BCUT2D eigenvalue weighted by Gasteiger charge is 2.69. The molecule has 2 aliphatic heterocycles. The summed E-state index contributed by atoms with van der Waals surface area (Å²) in [6.45, 7) is 15.3. The zero-order valence-corrected chi connectivity index (χ0v) is 22.9. The number of ketones is 1. The Morgan fingerprint density at radius 1 is 0.892 bits per heavy atom. The predicted octanol–water partition coefficient (Wildman–Crippen LogP) is 5.58. The molecule has 1 fully saturated rings. The first-order valence-corrected chi connectivity index (χ1v) is 12.8. The molecule has 6 nitrogen and oxygen atoms in total. The van der Waals surface area contributed by atoms with Crippen LogP contribution in [0.15, 0.2) is 48.5 Å². The number of carbonyl (C=O) groups is 3. The van der Waals surface area contributed by atoms with Gasteiger partial charge in [0.25, 0.3) is 5.91 Å². The van der Waals surface area contributed by atoms with Gasteiger partial charge in [0.1, 0.15) is 11.8 Å². The summed E-state index contributed by atoms with van der Waals surface area (Å²) in [5.74, 6) is -0.722. The van der Waals surface area contributed by atoms with Crippen molar-refractivity contribution in [3.63, 3.8) is 0 Å². The molecule has 0 spiro atoms. The molecule has 194 valence electrons. The van der Waals surface area contributed by atoms with Gasteiger partial charge in [-0.05, 0) is 38.0 Å². The van der Waals surface area contributed by atoms with Crippen LogP contribution in [-0.4, -0.2) is 35.1 Å². The van der Waals surface area contributed by atoms with Crippen LogP contribution in [0.1, 0.15) is 72.1 Å². The van der Waals surface area contributed by atoms with E-state index in [1.165, 1.54) is 6.92 Å². The molecule has 2 atom stereocenters. The third-order valence-electron chi connectivity index (χ3n) is 9.57. The molecule has 3 aliphatic rings. The third kappa shape index (κ3) is 3.24. The first kappa shape index (κ1) is 25.4. The summed E-state index contributed by atoms with van der Waals surface area (Å²) in [4.78, 5) is 41.8. The fourth-order valence-corrected chi connectivity index (χ4v) is 6.43. The number of rotatable bonds is 2. The second kappa shape index (κ2) is 7.87. The molecule has 0 aromatic heterocycles. The summed E-state index contributed by atoms with van der Waals surface area (Å²) in [5, 5.41) is 0. The molecule has 37 heavy (non-hydrogen) atoms. The summed E-state index contributed by atoms with van der Waals surface area (Å²) in [6.07, 6.45) is -0.486. The normalized spacial score (nSPS) is 29.2. The van der Waals surface area contributed by atoms with E-state index in [4.69, 9.17) is 9.47 Å². The zero-order valence-electron chi connectivity index (χ0n) is 22.9. The number of carbonyl (C=O) groups excluding carboxylic acids is 3. The van der Waals surface area contributed by atoms with E-state index < -0.39 is 28.3 Å². The van der Waals surface area contributed by atoms with Gasteiger partial charge in [-0.2, -0.15) is 0 Å². The van der Waals surface area contributed by atoms with Crippen molar-refractivity contribution in [2.24, 2.45) is 10.8 Å². The minimum Gasteiger partial charge on any atom is -0.458 e. The number of benzene rings is 2. The van der Waals surface area contributed by atoms with Crippen molar-refractivity contribution >= 4 is 34.5 Å². The third-order valence-corrected chi connectivity index (χ3v) is 9.57. The molecule has 0 N–H and O–H groups in total. The molecule has 0 saturated carbocycles. The van der Waals surface area contributed by atoms with E-state index in [2.05, 4.69) is 0 Å². The lowest BCUT2D eigenvalue weighted by atomic mass is 9.53. The second-order valence-electron chi connectivity index (χ2n) is 12.2. The Balaban J connectivity index is 1.73. The smallest absolute Gasteiger partial charge is 0.303 e. The fourth-order valence-electron chi connectivity index (χ4n) is 6.43. The monoisotopic (exact) mass is 501 g/mol. The van der Waals surface area contributed by atoms with Crippen LogP contribution >= 0.6 is 0 Å². The number of hydrogen-bond acceptors (Lipinski definition) is 5. The molecule has 0 bridgehead atoms. The molecule has 2 unspecified atom stereocenters. The average Bonchev–Trinajstić information content (AvgIpc) is 3.28. The van der Waals surface area contributed by atoms with Crippen molar-refractivity contribution < 1.29 is 23.9 Å². The van der Waals surface area contributed by atoms with Crippen LogP contribution in [0.25, 0.3) is 11.1 Å². The SMILES string of the molecule is CC(=O)OC1(C)C(C)(C)C(N2C(=O)/C(=C3/C(=O)Cc4ccccc43)c3ccccc32)OC(C)(C)C1(C)C. The molecule has 2 aromatic carbocycles. The predicted molar refractivity (Wildman–Crippen MR) is 143 cm³/mol. The van der Waals surface area contributed by atoms with E-state index in [0.29, 0.717) is 22.4 Å². The molecular formula is C31H35NO5. The average molecular weight is 502 g/mol. The number of ether oxygens (including phenoxy) is 2. The highest BCUT2D eigenvalue weighted by molar-refractivity contribution is 6.47. The van der Waals surface area contributed by atoms with Crippen molar-refractivity contribution in [3.8, 4) is 0 Å². The Morgan fingerprint density at radius 3 is 2.14 bits per heavy atom. The number of esters is 1. The Labute approximate surface area is 218 Å². The summed E-state index contributed by atoms with van der Waals surface area (Å²) < 4.78 is 12.9. The molecule has 1 aliphatic carbocycles. The highest BCUT2D eigenvalue weighted by atomic mass is 16.6. The van der Waals surface area contributed by atoms with Crippen LogP contribution in [0.5, 0.6) is 0 Å². The number of hydrogen-bond donors (Lipinski definition) is 0. The van der Waals surface area contributed by atoms with Gasteiger partial charge in [0.05, 0.1) is 22.3 Å². The highest BCUT2D eigenvalue weighted by Crippen LogP contribution is 2.61. The van der Waals surface area contributed by atoms with Gasteiger partial charge in [-0.15, -0.1) is 0 Å². The van der Waals surface area contributed by atoms with Crippen LogP contribution in [0.3, 0.4) is 0 Å². The van der Waals surface area contributed by atoms with Gasteiger partial charge in [0.2, 0.25) is 0 Å². The maximum absolute atomic E-state index is 14.4. The molecule has 0 radical (unpaired) electrons. The Kier molecular flexibility index (Phi) is 5.41. The zero-order chi connectivity index (χ0) is 27.1. The van der Waals surface area contributed by atoms with E-state index >= 15 is 0 Å². The number of allylic oxidation sites excluding steroid dienone is 1. The first-order chi connectivity index (χ1) is 17.2. The molecule has 2 heterocycles. The van der Waals surface area contributed by atoms with Gasteiger partial charge in [0.15, 0.2) is 5.78 Å². The van der Waals surface area contributed by atoms with E-state index in [-0.39, 0.29) is 24.1 Å². The van der Waals surface area contributed by atoms with Crippen LogP contribution in [-0.2, 0) is 30.3 Å². The summed E-state index contributed by atoms with van der Waals surface area (Å²) >= 11 is 0. The van der Waals surface area contributed by atoms with Gasteiger partial charge in [-0.3, -0.25) is 19.3 Å². The van der Waals surface area contributed by atoms with E-state index in [0.717, 1.165) is 11.1 Å². The maximum atomic E-state index is 14.4. The number of Topliss-reactive ketones (excluding diaryl/α,β-unsaturated/α-hetero) is 1. The first-order valence-electron chi connectivity index (χ1n) is 12.8. The molecular weight excluding hydrogens is 466 g/mol. The Hall–Kier alpha value is -3.25. The Bertz CT molecular complexity index is 1380. The van der Waals surface area contributed by atoms with Crippen molar-refractivity contribution in [3.05, 3.63) is 65.2 Å². The van der Waals surface area contributed by atoms with Crippen molar-refractivity contribution in [2.75, 3.05) is 4.90 Å². The van der Waals surface area contributed by atoms with Gasteiger partial charge in [0, 0.05) is 29.9 Å². The molecule has 1 amide bonds. The Morgan fingerprint density at radius 2 is 1.49 bits per heavy atom. The van der Waals surface area contributed by atoms with E-state index in [1.54, 1.807) is 4.90 Å². The fraction of sp³-hybridized carbons (Fsp3) is 0.452. The van der Waals surface area contributed by atoms with Gasteiger partial charge in [-0.25, -0.2) is 0 Å². The largest absolute Gasteiger partial charge is 0.458 e. The van der Waals surface area contributed by atoms with Crippen molar-refractivity contribution in [2.45, 2.75) is 79.2 Å². The number of amides is 1. The molecule has 6 heteroatoms. The molecule has 2 aromatic rings. The van der Waals surface area contributed by atoms with Crippen LogP contribution in [0, 0.1) is 10.8 Å². The summed E-state index contributed by atoms with van der Waals surface area (Å²) in [7, 11) is 0. The van der Waals surface area contributed by atoms with Gasteiger partial charge < -0.3 is 9.47 Å². The second-order valence-corrected chi connectivity index (χ2v) is 12.2. The number of anilines is 1. The lowest BCUT2D eigenvalue weighted by Gasteiger charge is -2.66. The lowest BCUT2D eigenvalue weighted by molar-refractivity contribution is -0.319. The van der Waals surface area contributed by atoms with Crippen LogP contribution < -0.4 is 4.90 Å². The minimum atomic E-state index is -0.987. The maximum Gasteiger partial charge on any atom is 0.303 e. The number of fused-ring (bicyclic) bond motifs is 2. The standard InChI is InChI=1S/C31H35NO5/c1-18(33)36-31(8)28(2,3)27(37-30(6,7)29(31,4)5)32-22-16-12-11-15-21(22)25(26(32)35)24-20-14-10-9-13-19(20)17-23(24)34/h9-16,27H,17H2,1-8H3/b25-24+. The van der Waals surface area contributed by atoms with Crippen LogP contribution in [0.4, 0.5) is 5.69 Å². The van der Waals surface area contributed by atoms with Crippen molar-refractivity contribution in [1.29, 1.82) is 0 Å². The summed E-state index contributed by atoms with van der Waals surface area (Å²) in [5.41, 5.74) is 0.828. The lowest BCUT2D eigenvalue weighted by Crippen LogP contribution is -2.75. The van der Waals surface area contributed by atoms with Gasteiger partial charge >= 0.3 is 5.97 Å². The van der Waals surface area contributed by atoms with E-state index in [1.807, 2.05) is 97.0 Å². The molecule has 1 saturated heterocycles. The van der Waals surface area contributed by atoms with Crippen LogP contribution in [0.2, 0.25) is 0 Å². The molecule has 5 rings (SSSR count). The number of para-hydroxylation sites is 1. The van der Waals surface area contributed by atoms with Crippen molar-refractivity contribution in [1.82, 2.24) is 0 Å². The summed E-state index contributed by atoms with van der Waals surface area (Å²) in [6, 6.07) is 15.2. The van der Waals surface area contributed by atoms with E-state index in [9.17, 15) is 14.4 Å². The number of nitrogens with zero attached hydrogens (tertiary/aromatic N) is 1. The topological polar surface area (TPSA) is 72.9 Å².